The van der Waals surface area contributed by atoms with Crippen LogP contribution in [-0.2, 0) is 14.3 Å². The van der Waals surface area contributed by atoms with E-state index in [0.29, 0.717) is 12.3 Å². The molecule has 1 atom stereocenters. The third-order valence-electron chi connectivity index (χ3n) is 3.76. The van der Waals surface area contributed by atoms with Crippen LogP contribution in [0.5, 0.6) is 0 Å². The average Bonchev–Trinajstić information content (AvgIpc) is 2.81. The largest absolute Gasteiger partial charge is 0.501 e. The van der Waals surface area contributed by atoms with Gasteiger partial charge in [0.2, 0.25) is 0 Å². The third kappa shape index (κ3) is 1.91. The van der Waals surface area contributed by atoms with Gasteiger partial charge in [-0.15, -0.1) is 0 Å². The molecule has 3 nitrogen and oxygen atoms in total. The Labute approximate surface area is 95.9 Å². The molecule has 0 bridgehead atoms. The molecule has 0 aromatic rings. The summed E-state index contributed by atoms with van der Waals surface area (Å²) in [5, 5.41) is 0. The first-order chi connectivity index (χ1) is 7.77. The summed E-state index contributed by atoms with van der Waals surface area (Å²) in [6.07, 6.45) is 6.65. The van der Waals surface area contributed by atoms with Gasteiger partial charge in [0.05, 0.1) is 13.0 Å². The molecule has 0 radical (unpaired) electrons. The molecule has 1 saturated carbocycles. The lowest BCUT2D eigenvalue weighted by molar-refractivity contribution is -0.126. The number of rotatable bonds is 3. The summed E-state index contributed by atoms with van der Waals surface area (Å²) in [5.41, 5.74) is 0.823. The maximum absolute atomic E-state index is 12.1. The highest BCUT2D eigenvalue weighted by Crippen LogP contribution is 2.38. The van der Waals surface area contributed by atoms with Gasteiger partial charge in [0.15, 0.2) is 5.78 Å². The van der Waals surface area contributed by atoms with Crippen LogP contribution in [-0.4, -0.2) is 19.2 Å². The molecule has 0 aromatic heterocycles. The minimum Gasteiger partial charge on any atom is -0.501 e. The first-order valence-corrected chi connectivity index (χ1v) is 6.04. The fourth-order valence-electron chi connectivity index (χ4n) is 2.87. The molecule has 0 heterocycles. The fraction of sp³-hybridized carbons (Fsp3) is 0.692. The van der Waals surface area contributed by atoms with Crippen molar-refractivity contribution in [2.75, 3.05) is 7.11 Å². The quantitative estimate of drug-likeness (QED) is 0.543. The zero-order valence-corrected chi connectivity index (χ0v) is 9.70. The van der Waals surface area contributed by atoms with E-state index in [1.165, 1.54) is 12.8 Å². The molecule has 3 heteroatoms. The van der Waals surface area contributed by atoms with Crippen molar-refractivity contribution in [2.45, 2.75) is 38.5 Å². The summed E-state index contributed by atoms with van der Waals surface area (Å²) in [4.78, 5) is 23.0. The first-order valence-electron chi connectivity index (χ1n) is 6.04. The number of allylic oxidation sites excluding steroid dienone is 2. The third-order valence-corrected chi connectivity index (χ3v) is 3.76. The second-order valence-corrected chi connectivity index (χ2v) is 4.67. The molecule has 88 valence electrons. The zero-order chi connectivity index (χ0) is 11.5. The van der Waals surface area contributed by atoms with Crippen LogP contribution in [0.1, 0.15) is 38.5 Å². The number of Topliss-reactive ketones (excluding diaryl/α,β-unsaturated/α-hetero) is 1. The number of carbonyl (C=O) groups excluding carboxylic acids is 2. The van der Waals surface area contributed by atoms with Crippen LogP contribution in [0.2, 0.25) is 0 Å². The lowest BCUT2D eigenvalue weighted by Crippen LogP contribution is -2.27. The van der Waals surface area contributed by atoms with E-state index in [4.69, 9.17) is 4.74 Å². The van der Waals surface area contributed by atoms with Gasteiger partial charge in [0, 0.05) is 12.0 Å². The minimum atomic E-state index is -0.422. The summed E-state index contributed by atoms with van der Waals surface area (Å²) in [6, 6.07) is 0. The van der Waals surface area contributed by atoms with Crippen LogP contribution in [0.15, 0.2) is 11.3 Å². The number of methoxy groups -OCH3 is 1. The number of carbonyl (C=O) groups is 2. The number of hydrogen-bond donors (Lipinski definition) is 0. The van der Waals surface area contributed by atoms with Crippen LogP contribution in [0.4, 0.5) is 0 Å². The number of hydrogen-bond acceptors (Lipinski definition) is 3. The average molecular weight is 222 g/mol. The number of ketones is 1. The Bertz CT molecular complexity index is 324. The minimum absolute atomic E-state index is 0.0185. The van der Waals surface area contributed by atoms with E-state index in [-0.39, 0.29) is 5.78 Å². The first kappa shape index (κ1) is 11.4. The van der Waals surface area contributed by atoms with Crippen molar-refractivity contribution in [1.82, 2.24) is 0 Å². The Morgan fingerprint density at radius 1 is 1.25 bits per heavy atom. The molecule has 16 heavy (non-hydrogen) atoms. The highest BCUT2D eigenvalue weighted by atomic mass is 16.5. The van der Waals surface area contributed by atoms with Crippen molar-refractivity contribution in [3.8, 4) is 0 Å². The summed E-state index contributed by atoms with van der Waals surface area (Å²) < 4.78 is 5.32. The standard InChI is InChI=1S/C13H18O3/c1-16-11-7-6-10(8-14)13(15)12(11)9-4-2-3-5-9/h8-10H,2-7H2,1H3. The fourth-order valence-corrected chi connectivity index (χ4v) is 2.87. The van der Waals surface area contributed by atoms with Crippen molar-refractivity contribution in [1.29, 1.82) is 0 Å². The van der Waals surface area contributed by atoms with E-state index in [9.17, 15) is 9.59 Å². The molecule has 1 fully saturated rings. The molecule has 0 amide bonds. The van der Waals surface area contributed by atoms with E-state index < -0.39 is 5.92 Å². The topological polar surface area (TPSA) is 43.4 Å². The van der Waals surface area contributed by atoms with E-state index in [2.05, 4.69) is 0 Å². The SMILES string of the molecule is COC1=C(C2CCCC2)C(=O)C(C=O)CC1. The Balaban J connectivity index is 2.29. The molecule has 0 aromatic carbocycles. The van der Waals surface area contributed by atoms with Gasteiger partial charge in [-0.25, -0.2) is 0 Å². The van der Waals surface area contributed by atoms with Crippen molar-refractivity contribution >= 4 is 12.1 Å². The number of ether oxygens (including phenoxy) is 1. The maximum Gasteiger partial charge on any atom is 0.172 e. The Morgan fingerprint density at radius 3 is 2.50 bits per heavy atom. The van der Waals surface area contributed by atoms with Crippen molar-refractivity contribution < 1.29 is 14.3 Å². The van der Waals surface area contributed by atoms with Gasteiger partial charge in [0.25, 0.3) is 0 Å². The molecule has 0 aliphatic heterocycles. The molecule has 0 N–H and O–H groups in total. The second-order valence-electron chi connectivity index (χ2n) is 4.67. The van der Waals surface area contributed by atoms with Gasteiger partial charge < -0.3 is 9.53 Å². The van der Waals surface area contributed by atoms with Gasteiger partial charge in [-0.3, -0.25) is 4.79 Å². The van der Waals surface area contributed by atoms with Gasteiger partial charge in [-0.1, -0.05) is 12.8 Å². The summed E-state index contributed by atoms with van der Waals surface area (Å²) in [7, 11) is 1.62. The molecular weight excluding hydrogens is 204 g/mol. The highest BCUT2D eigenvalue weighted by Gasteiger charge is 2.35. The smallest absolute Gasteiger partial charge is 0.172 e. The van der Waals surface area contributed by atoms with E-state index in [1.807, 2.05) is 0 Å². The van der Waals surface area contributed by atoms with Crippen LogP contribution in [0.25, 0.3) is 0 Å². The van der Waals surface area contributed by atoms with Crippen LogP contribution < -0.4 is 0 Å². The van der Waals surface area contributed by atoms with E-state index in [0.717, 1.165) is 36.9 Å². The predicted octanol–water partition coefficient (Wildman–Crippen LogP) is 2.26. The second kappa shape index (κ2) is 4.81. The lowest BCUT2D eigenvalue weighted by atomic mass is 9.80. The van der Waals surface area contributed by atoms with Crippen LogP contribution >= 0.6 is 0 Å². The summed E-state index contributed by atoms with van der Waals surface area (Å²) >= 11 is 0. The normalized spacial score (nSPS) is 27.3. The molecule has 0 spiro atoms. The maximum atomic E-state index is 12.1. The molecular formula is C13H18O3. The Kier molecular flexibility index (Phi) is 3.42. The van der Waals surface area contributed by atoms with Gasteiger partial charge >= 0.3 is 0 Å². The Hall–Kier alpha value is -1.12. The number of aldehydes is 1. The van der Waals surface area contributed by atoms with Crippen molar-refractivity contribution in [3.63, 3.8) is 0 Å². The van der Waals surface area contributed by atoms with Gasteiger partial charge in [-0.2, -0.15) is 0 Å². The summed E-state index contributed by atoms with van der Waals surface area (Å²) in [6.45, 7) is 0. The van der Waals surface area contributed by atoms with Crippen molar-refractivity contribution in [2.24, 2.45) is 11.8 Å². The van der Waals surface area contributed by atoms with Crippen molar-refractivity contribution in [3.05, 3.63) is 11.3 Å². The summed E-state index contributed by atoms with van der Waals surface area (Å²) in [5.74, 6) is 0.764. The monoisotopic (exact) mass is 222 g/mol. The van der Waals surface area contributed by atoms with E-state index >= 15 is 0 Å². The molecule has 0 saturated heterocycles. The zero-order valence-electron chi connectivity index (χ0n) is 9.70. The predicted molar refractivity (Wildman–Crippen MR) is 59.8 cm³/mol. The highest BCUT2D eigenvalue weighted by molar-refractivity contribution is 6.06. The van der Waals surface area contributed by atoms with Crippen LogP contribution in [0, 0.1) is 11.8 Å². The molecule has 1 unspecified atom stereocenters. The lowest BCUT2D eigenvalue weighted by Gasteiger charge is -2.25. The molecule has 2 aliphatic carbocycles. The Morgan fingerprint density at radius 2 is 1.94 bits per heavy atom. The van der Waals surface area contributed by atoms with Gasteiger partial charge in [-0.05, 0) is 25.2 Å². The molecule has 2 aliphatic rings. The van der Waals surface area contributed by atoms with E-state index in [1.54, 1.807) is 7.11 Å². The van der Waals surface area contributed by atoms with Crippen LogP contribution in [0.3, 0.4) is 0 Å². The molecule has 2 rings (SSSR count). The van der Waals surface area contributed by atoms with Gasteiger partial charge in [0.1, 0.15) is 12.0 Å².